The first kappa shape index (κ1) is 40.6. The number of aromatic hydroxyl groups is 2. The molecule has 0 bridgehead atoms. The molecule has 0 saturated carbocycles. The lowest BCUT2D eigenvalue weighted by molar-refractivity contribution is -0.139. The summed E-state index contributed by atoms with van der Waals surface area (Å²) < 4.78 is 0. The van der Waals surface area contributed by atoms with E-state index in [1.54, 1.807) is 110 Å². The van der Waals surface area contributed by atoms with Crippen LogP contribution in [-0.4, -0.2) is 54.1 Å². The molecule has 0 aliphatic carbocycles. The summed E-state index contributed by atoms with van der Waals surface area (Å²) in [5.74, 6) is -3.13. The average molecular weight is 755 g/mol. The molecule has 6 aromatic rings. The van der Waals surface area contributed by atoms with E-state index in [0.29, 0.717) is 24.5 Å². The maximum atomic E-state index is 11.6. The Morgan fingerprint density at radius 3 is 1.14 bits per heavy atom. The summed E-state index contributed by atoms with van der Waals surface area (Å²) in [6.07, 6.45) is 6.52. The highest BCUT2D eigenvalue weighted by atomic mass is 16.4. The molecule has 0 aliphatic rings. The van der Waals surface area contributed by atoms with Gasteiger partial charge in [-0.15, -0.1) is 10.2 Å². The van der Waals surface area contributed by atoms with Crippen LogP contribution in [0.15, 0.2) is 167 Å². The van der Waals surface area contributed by atoms with E-state index < -0.39 is 23.8 Å². The van der Waals surface area contributed by atoms with Crippen LogP contribution in [0.3, 0.4) is 0 Å². The zero-order valence-electron chi connectivity index (χ0n) is 29.4. The fourth-order valence-corrected chi connectivity index (χ4v) is 4.27. The third-order valence-electron chi connectivity index (χ3n) is 7.13. The van der Waals surface area contributed by atoms with Crippen molar-refractivity contribution < 1.29 is 39.6 Å². The Balaban J connectivity index is 0.000000187. The van der Waals surface area contributed by atoms with E-state index in [2.05, 4.69) is 41.1 Å². The molecule has 0 saturated heterocycles. The number of azo groups is 2. The third kappa shape index (κ3) is 13.8. The van der Waals surface area contributed by atoms with Gasteiger partial charge in [0.15, 0.2) is 0 Å². The van der Waals surface area contributed by atoms with Gasteiger partial charge in [-0.25, -0.2) is 9.59 Å². The fourth-order valence-electron chi connectivity index (χ4n) is 4.27. The van der Waals surface area contributed by atoms with Gasteiger partial charge in [-0.1, -0.05) is 24.3 Å². The molecule has 6 rings (SSSR count). The highest BCUT2D eigenvalue weighted by molar-refractivity contribution is 6.35. The van der Waals surface area contributed by atoms with Crippen LogP contribution < -0.4 is 10.6 Å². The number of phenolic OH excluding ortho intramolecular Hbond substituents is 2. The quantitative estimate of drug-likeness (QED) is 0.0596. The summed E-state index contributed by atoms with van der Waals surface area (Å²) >= 11 is 0. The first-order valence-corrected chi connectivity index (χ1v) is 16.5. The van der Waals surface area contributed by atoms with Crippen LogP contribution in [0.5, 0.6) is 11.5 Å². The number of aromatic carboxylic acids is 2. The molecule has 6 N–H and O–H groups in total. The molecule has 282 valence electrons. The first-order chi connectivity index (χ1) is 27.1. The second-order valence-electron chi connectivity index (χ2n) is 11.2. The maximum Gasteiger partial charge on any atom is 0.337 e. The number of benzene rings is 4. The zero-order valence-corrected chi connectivity index (χ0v) is 29.4. The minimum Gasteiger partial charge on any atom is -0.508 e. The molecule has 16 nitrogen and oxygen atoms in total. The average Bonchev–Trinajstić information content (AvgIpc) is 3.23. The standard InChI is InChI=1S/C14H14N4O2.2C13H10N2O3/c19-13(17-9-11-1-5-15-6-2-11)14(20)18-10-12-3-7-16-8-4-12;2*16-10-7-5-9(6-8-10)14-15-12-4-2-1-3-11(12)13(17)18/h1-8H,9-10H2,(H,17,19)(H,18,20);2*1-8,16H,(H,17,18). The largest absolute Gasteiger partial charge is 0.508 e. The topological polar surface area (TPSA) is 248 Å². The van der Waals surface area contributed by atoms with Crippen molar-refractivity contribution in [3.63, 3.8) is 0 Å². The molecular weight excluding hydrogens is 720 g/mol. The van der Waals surface area contributed by atoms with Crippen molar-refractivity contribution in [2.24, 2.45) is 20.5 Å². The summed E-state index contributed by atoms with van der Waals surface area (Å²) in [4.78, 5) is 52.8. The van der Waals surface area contributed by atoms with Crippen LogP contribution in [-0.2, 0) is 22.7 Å². The number of aromatic nitrogens is 2. The molecule has 0 unspecified atom stereocenters. The highest BCUT2D eigenvalue weighted by Crippen LogP contribution is 2.24. The first-order valence-electron chi connectivity index (χ1n) is 16.5. The van der Waals surface area contributed by atoms with E-state index in [1.807, 2.05) is 0 Å². The number of nitrogens with one attached hydrogen (secondary N) is 2. The number of hydrogen-bond donors (Lipinski definition) is 6. The summed E-state index contributed by atoms with van der Waals surface area (Å²) in [7, 11) is 0. The maximum absolute atomic E-state index is 11.6. The van der Waals surface area contributed by atoms with Gasteiger partial charge < -0.3 is 31.1 Å². The number of hydrogen-bond acceptors (Lipinski definition) is 12. The third-order valence-corrected chi connectivity index (χ3v) is 7.13. The van der Waals surface area contributed by atoms with Gasteiger partial charge in [0.1, 0.15) is 22.9 Å². The van der Waals surface area contributed by atoms with Gasteiger partial charge in [0, 0.05) is 37.9 Å². The van der Waals surface area contributed by atoms with Gasteiger partial charge in [-0.2, -0.15) is 10.2 Å². The van der Waals surface area contributed by atoms with Crippen molar-refractivity contribution in [2.45, 2.75) is 13.1 Å². The Bertz CT molecular complexity index is 2110. The molecule has 0 spiro atoms. The van der Waals surface area contributed by atoms with Crippen LogP contribution >= 0.6 is 0 Å². The van der Waals surface area contributed by atoms with E-state index in [1.165, 1.54) is 36.4 Å². The summed E-state index contributed by atoms with van der Waals surface area (Å²) in [5, 5.41) is 56.8. The number of carbonyl (C=O) groups is 4. The Hall–Kier alpha value is -8.14. The van der Waals surface area contributed by atoms with Crippen LogP contribution in [0, 0.1) is 0 Å². The van der Waals surface area contributed by atoms with Crippen molar-refractivity contribution in [2.75, 3.05) is 0 Å². The van der Waals surface area contributed by atoms with Gasteiger partial charge in [-0.3, -0.25) is 19.6 Å². The molecule has 56 heavy (non-hydrogen) atoms. The number of carboxylic acid groups (broad SMARTS) is 2. The number of carboxylic acids is 2. The molecule has 0 atom stereocenters. The van der Waals surface area contributed by atoms with Gasteiger partial charge in [0.05, 0.1) is 22.5 Å². The molecule has 0 aliphatic heterocycles. The SMILES string of the molecule is O=C(NCc1ccncc1)C(=O)NCc1ccncc1.O=C(O)c1ccccc1N=Nc1ccc(O)cc1.O=C(O)c1ccccc1N=Nc1ccc(O)cc1. The smallest absolute Gasteiger partial charge is 0.337 e. The van der Waals surface area contributed by atoms with Gasteiger partial charge >= 0.3 is 23.8 Å². The van der Waals surface area contributed by atoms with Crippen molar-refractivity contribution in [3.05, 3.63) is 168 Å². The molecule has 2 amide bonds. The predicted molar refractivity (Wildman–Crippen MR) is 204 cm³/mol. The second-order valence-corrected chi connectivity index (χ2v) is 11.2. The van der Waals surface area contributed by atoms with Crippen molar-refractivity contribution in [1.82, 2.24) is 20.6 Å². The Labute approximate surface area is 319 Å². The van der Waals surface area contributed by atoms with Gasteiger partial charge in [-0.05, 0) is 108 Å². The minimum atomic E-state index is -1.05. The number of nitrogens with zero attached hydrogens (tertiary/aromatic N) is 6. The van der Waals surface area contributed by atoms with Crippen LogP contribution in [0.25, 0.3) is 0 Å². The number of rotatable bonds is 10. The van der Waals surface area contributed by atoms with Crippen molar-refractivity contribution in [3.8, 4) is 11.5 Å². The van der Waals surface area contributed by atoms with E-state index in [0.717, 1.165) is 11.1 Å². The van der Waals surface area contributed by atoms with Crippen LogP contribution in [0.2, 0.25) is 0 Å². The lowest BCUT2D eigenvalue weighted by atomic mass is 10.2. The predicted octanol–water partition coefficient (Wildman–Crippen LogP) is 7.42. The lowest BCUT2D eigenvalue weighted by Gasteiger charge is -2.06. The van der Waals surface area contributed by atoms with Crippen molar-refractivity contribution >= 4 is 46.5 Å². The molecule has 0 radical (unpaired) electrons. The highest BCUT2D eigenvalue weighted by Gasteiger charge is 2.12. The molecule has 2 heterocycles. The summed E-state index contributed by atoms with van der Waals surface area (Å²) in [6, 6.07) is 32.1. The Morgan fingerprint density at radius 1 is 0.464 bits per heavy atom. The number of phenols is 2. The fraction of sp³-hybridized carbons (Fsp3) is 0.0500. The minimum absolute atomic E-state index is 0.0972. The lowest BCUT2D eigenvalue weighted by Crippen LogP contribution is -2.39. The Kier molecular flexibility index (Phi) is 15.5. The normalized spacial score (nSPS) is 10.4. The number of carbonyl (C=O) groups excluding carboxylic acids is 2. The van der Waals surface area contributed by atoms with E-state index in [9.17, 15) is 19.2 Å². The molecule has 0 fully saturated rings. The Morgan fingerprint density at radius 2 is 0.804 bits per heavy atom. The van der Waals surface area contributed by atoms with Crippen molar-refractivity contribution in [1.29, 1.82) is 0 Å². The molecule has 2 aromatic heterocycles. The summed E-state index contributed by atoms with van der Waals surface area (Å²) in [6.45, 7) is 0.591. The van der Waals surface area contributed by atoms with E-state index in [-0.39, 0.29) is 34.0 Å². The van der Waals surface area contributed by atoms with E-state index >= 15 is 0 Å². The molecular formula is C40H34N8O8. The molecule has 4 aromatic carbocycles. The van der Waals surface area contributed by atoms with Gasteiger partial charge in [0.25, 0.3) is 0 Å². The molecule has 16 heteroatoms. The zero-order chi connectivity index (χ0) is 40.1. The van der Waals surface area contributed by atoms with E-state index in [4.69, 9.17) is 20.4 Å². The monoisotopic (exact) mass is 754 g/mol. The van der Waals surface area contributed by atoms with Gasteiger partial charge in [0.2, 0.25) is 0 Å². The second kappa shape index (κ2) is 21.4. The number of amides is 2. The number of pyridine rings is 2. The summed E-state index contributed by atoms with van der Waals surface area (Å²) in [5.41, 5.74) is 3.61. The van der Waals surface area contributed by atoms with Crippen LogP contribution in [0.4, 0.5) is 22.7 Å². The van der Waals surface area contributed by atoms with Crippen LogP contribution in [0.1, 0.15) is 31.8 Å².